The number of aromatic amines is 1. The van der Waals surface area contributed by atoms with Crippen molar-refractivity contribution in [1.82, 2.24) is 15.1 Å². The minimum absolute atomic E-state index is 0.0612. The van der Waals surface area contributed by atoms with Crippen LogP contribution in [0, 0.1) is 5.82 Å². The van der Waals surface area contributed by atoms with Crippen LogP contribution in [-0.4, -0.2) is 40.2 Å². The second kappa shape index (κ2) is 5.70. The van der Waals surface area contributed by atoms with E-state index in [1.807, 2.05) is 19.9 Å². The van der Waals surface area contributed by atoms with Gasteiger partial charge in [-0.1, -0.05) is 18.2 Å². The highest BCUT2D eigenvalue weighted by molar-refractivity contribution is 5.94. The maximum Gasteiger partial charge on any atom is 0.274 e. The first kappa shape index (κ1) is 15.3. The highest BCUT2D eigenvalue weighted by atomic mass is 19.1. The zero-order chi connectivity index (χ0) is 16.8. The first-order valence-corrected chi connectivity index (χ1v) is 8.31. The molecule has 126 valence electrons. The molecule has 1 aromatic carbocycles. The van der Waals surface area contributed by atoms with E-state index in [9.17, 15) is 9.18 Å². The summed E-state index contributed by atoms with van der Waals surface area (Å²) in [6.07, 6.45) is 0.668. The summed E-state index contributed by atoms with van der Waals surface area (Å²) in [6.45, 7) is 5.02. The van der Waals surface area contributed by atoms with Gasteiger partial charge in [0.2, 0.25) is 0 Å². The van der Waals surface area contributed by atoms with Crippen LogP contribution in [0.25, 0.3) is 0 Å². The fourth-order valence-corrected chi connectivity index (χ4v) is 3.65. The standard InChI is InChI=1S/C18H20FN3O2/c1-10-7-14-16(11(2)24-10)20-21-17(14)18(23)22-8-12(9-22)13-5-3-4-6-15(13)19/h3-6,10-12H,7-9H2,1-2H3,(H,20,21)/t10-,11+/m1/s1. The van der Waals surface area contributed by atoms with Gasteiger partial charge in [-0.3, -0.25) is 9.89 Å². The van der Waals surface area contributed by atoms with E-state index in [4.69, 9.17) is 4.74 Å². The van der Waals surface area contributed by atoms with Crippen LogP contribution in [-0.2, 0) is 11.2 Å². The molecule has 2 aromatic rings. The summed E-state index contributed by atoms with van der Waals surface area (Å²) in [5.41, 5.74) is 3.02. The maximum atomic E-state index is 13.8. The molecule has 0 spiro atoms. The summed E-state index contributed by atoms with van der Waals surface area (Å²) in [4.78, 5) is 14.5. The van der Waals surface area contributed by atoms with Crippen molar-refractivity contribution in [1.29, 1.82) is 0 Å². The number of carbonyl (C=O) groups is 1. The van der Waals surface area contributed by atoms with E-state index in [0.29, 0.717) is 30.8 Å². The lowest BCUT2D eigenvalue weighted by Crippen LogP contribution is -2.49. The summed E-state index contributed by atoms with van der Waals surface area (Å²) in [5, 5.41) is 7.18. The molecule has 0 radical (unpaired) electrons. The number of halogens is 1. The SMILES string of the molecule is C[C@@H]1Cc2c(C(=O)N3CC(c4ccccc4F)C3)n[nH]c2[C@H](C)O1. The molecular formula is C18H20FN3O2. The Kier molecular flexibility index (Phi) is 3.64. The largest absolute Gasteiger partial charge is 0.369 e. The summed E-state index contributed by atoms with van der Waals surface area (Å²) in [5.74, 6) is -0.223. The van der Waals surface area contributed by atoms with Gasteiger partial charge in [0.1, 0.15) is 5.82 Å². The quantitative estimate of drug-likeness (QED) is 0.922. The van der Waals surface area contributed by atoms with E-state index in [-0.39, 0.29) is 29.9 Å². The topological polar surface area (TPSA) is 58.2 Å². The highest BCUT2D eigenvalue weighted by Gasteiger charge is 2.37. The van der Waals surface area contributed by atoms with E-state index < -0.39 is 0 Å². The first-order valence-electron chi connectivity index (χ1n) is 8.31. The molecule has 0 bridgehead atoms. The third-order valence-corrected chi connectivity index (χ3v) is 4.95. The van der Waals surface area contributed by atoms with E-state index in [1.165, 1.54) is 6.07 Å². The lowest BCUT2D eigenvalue weighted by atomic mass is 9.90. The molecule has 3 heterocycles. The van der Waals surface area contributed by atoms with Gasteiger partial charge < -0.3 is 9.64 Å². The molecule has 2 atom stereocenters. The van der Waals surface area contributed by atoms with Gasteiger partial charge in [0.05, 0.1) is 17.9 Å². The minimum atomic E-state index is -0.202. The molecule has 5 nitrogen and oxygen atoms in total. The van der Waals surface area contributed by atoms with Crippen molar-refractivity contribution >= 4 is 5.91 Å². The minimum Gasteiger partial charge on any atom is -0.369 e. The Labute approximate surface area is 139 Å². The number of ether oxygens (including phenoxy) is 1. The molecule has 1 fully saturated rings. The van der Waals surface area contributed by atoms with Gasteiger partial charge in [-0.2, -0.15) is 5.10 Å². The number of nitrogens with one attached hydrogen (secondary N) is 1. The molecule has 1 N–H and O–H groups in total. The van der Waals surface area contributed by atoms with Gasteiger partial charge in [0.15, 0.2) is 5.69 Å². The predicted octanol–water partition coefficient (Wildman–Crippen LogP) is 2.81. The number of carbonyl (C=O) groups excluding carboxylic acids is 1. The van der Waals surface area contributed by atoms with Crippen molar-refractivity contribution in [2.75, 3.05) is 13.1 Å². The molecular weight excluding hydrogens is 309 g/mol. The molecule has 1 aromatic heterocycles. The molecule has 24 heavy (non-hydrogen) atoms. The smallest absolute Gasteiger partial charge is 0.274 e. The Balaban J connectivity index is 1.50. The third kappa shape index (κ3) is 2.41. The van der Waals surface area contributed by atoms with Crippen LogP contribution in [0.15, 0.2) is 24.3 Å². The van der Waals surface area contributed by atoms with Crippen molar-refractivity contribution in [3.05, 3.63) is 52.6 Å². The van der Waals surface area contributed by atoms with Gasteiger partial charge >= 0.3 is 0 Å². The first-order chi connectivity index (χ1) is 11.5. The van der Waals surface area contributed by atoms with Crippen LogP contribution < -0.4 is 0 Å². The number of hydrogen-bond acceptors (Lipinski definition) is 3. The number of hydrogen-bond donors (Lipinski definition) is 1. The number of aromatic nitrogens is 2. The molecule has 0 aliphatic carbocycles. The van der Waals surface area contributed by atoms with E-state index in [1.54, 1.807) is 17.0 Å². The number of rotatable bonds is 2. The van der Waals surface area contributed by atoms with E-state index in [2.05, 4.69) is 10.2 Å². The van der Waals surface area contributed by atoms with Gasteiger partial charge in [-0.25, -0.2) is 4.39 Å². The number of likely N-dealkylation sites (tertiary alicyclic amines) is 1. The molecule has 1 amide bonds. The van der Waals surface area contributed by atoms with Crippen molar-refractivity contribution in [2.45, 2.75) is 38.4 Å². The Morgan fingerprint density at radius 2 is 2.08 bits per heavy atom. The summed E-state index contributed by atoms with van der Waals surface area (Å²) in [6, 6.07) is 6.77. The number of fused-ring (bicyclic) bond motifs is 1. The normalized spacial score (nSPS) is 23.7. The summed E-state index contributed by atoms with van der Waals surface area (Å²) < 4.78 is 19.6. The molecule has 6 heteroatoms. The average Bonchev–Trinajstić information content (AvgIpc) is 2.91. The zero-order valence-electron chi connectivity index (χ0n) is 13.8. The van der Waals surface area contributed by atoms with E-state index >= 15 is 0 Å². The lowest BCUT2D eigenvalue weighted by molar-refractivity contribution is -0.00706. The molecule has 0 saturated carbocycles. The summed E-state index contributed by atoms with van der Waals surface area (Å²) >= 11 is 0. The number of amides is 1. The third-order valence-electron chi connectivity index (χ3n) is 4.95. The second-order valence-corrected chi connectivity index (χ2v) is 6.69. The van der Waals surface area contributed by atoms with Crippen LogP contribution in [0.5, 0.6) is 0 Å². The zero-order valence-corrected chi connectivity index (χ0v) is 13.8. The van der Waals surface area contributed by atoms with Crippen LogP contribution in [0.3, 0.4) is 0 Å². The van der Waals surface area contributed by atoms with Gasteiger partial charge in [-0.05, 0) is 25.5 Å². The van der Waals surface area contributed by atoms with Crippen molar-refractivity contribution < 1.29 is 13.9 Å². The van der Waals surface area contributed by atoms with Gasteiger partial charge in [0, 0.05) is 31.0 Å². The van der Waals surface area contributed by atoms with Crippen LogP contribution in [0.2, 0.25) is 0 Å². The molecule has 0 unspecified atom stereocenters. The lowest BCUT2D eigenvalue weighted by Gasteiger charge is -2.39. The fourth-order valence-electron chi connectivity index (χ4n) is 3.65. The van der Waals surface area contributed by atoms with E-state index in [0.717, 1.165) is 11.3 Å². The maximum absolute atomic E-state index is 13.8. The highest BCUT2D eigenvalue weighted by Crippen LogP contribution is 2.33. The predicted molar refractivity (Wildman–Crippen MR) is 86.3 cm³/mol. The molecule has 2 aliphatic rings. The van der Waals surface area contributed by atoms with Crippen molar-refractivity contribution in [3.63, 3.8) is 0 Å². The van der Waals surface area contributed by atoms with Crippen LogP contribution >= 0.6 is 0 Å². The summed E-state index contributed by atoms with van der Waals surface area (Å²) in [7, 11) is 0. The number of nitrogens with zero attached hydrogens (tertiary/aromatic N) is 2. The molecule has 1 saturated heterocycles. The van der Waals surface area contributed by atoms with Crippen molar-refractivity contribution in [2.24, 2.45) is 0 Å². The second-order valence-electron chi connectivity index (χ2n) is 6.69. The number of H-pyrrole nitrogens is 1. The van der Waals surface area contributed by atoms with Crippen LogP contribution in [0.1, 0.15) is 53.2 Å². The fraction of sp³-hybridized carbons (Fsp3) is 0.444. The Morgan fingerprint density at radius 1 is 1.33 bits per heavy atom. The van der Waals surface area contributed by atoms with Gasteiger partial charge in [0.25, 0.3) is 5.91 Å². The molecule has 2 aliphatic heterocycles. The Bertz CT molecular complexity index is 782. The number of benzene rings is 1. The van der Waals surface area contributed by atoms with Crippen molar-refractivity contribution in [3.8, 4) is 0 Å². The van der Waals surface area contributed by atoms with Gasteiger partial charge in [-0.15, -0.1) is 0 Å². The Hall–Kier alpha value is -2.21. The Morgan fingerprint density at radius 3 is 2.83 bits per heavy atom. The van der Waals surface area contributed by atoms with Crippen LogP contribution in [0.4, 0.5) is 4.39 Å². The average molecular weight is 329 g/mol. The molecule has 4 rings (SSSR count). The monoisotopic (exact) mass is 329 g/mol.